The van der Waals surface area contributed by atoms with Crippen LogP contribution < -0.4 is 4.90 Å². The summed E-state index contributed by atoms with van der Waals surface area (Å²) in [6.07, 6.45) is -1.19. The van der Waals surface area contributed by atoms with Gasteiger partial charge in [0.1, 0.15) is 12.1 Å². The number of carbonyl (C=O) groups excluding carboxylic acids is 1. The minimum Gasteiger partial charge on any atom is -0.317 e. The standard InChI is InChI=1S/C28H20ClF3N6O/c1-33-18-5-6-19(20(11-18)26-36-34-14-37(26)2)17-9-24(16-3-4-16)35-25(10-17)38-13-22-21(27(38)39)7-15(12-29)8-23(22)28(30,31)32/h5-11,14,16H,3-4,12-13H2,2H3. The monoisotopic (exact) mass is 548 g/mol. The number of nitrogens with zero attached hydrogens (tertiary/aromatic N) is 6. The molecule has 0 unspecified atom stereocenters. The number of fused-ring (bicyclic) bond motifs is 1. The summed E-state index contributed by atoms with van der Waals surface area (Å²) in [7, 11) is 1.80. The van der Waals surface area contributed by atoms with Crippen LogP contribution >= 0.6 is 11.6 Å². The van der Waals surface area contributed by atoms with Gasteiger partial charge in [0.15, 0.2) is 11.5 Å². The number of carbonyl (C=O) groups is 1. The summed E-state index contributed by atoms with van der Waals surface area (Å²) in [5.41, 5.74) is 2.60. The molecule has 7 nitrogen and oxygen atoms in total. The van der Waals surface area contributed by atoms with Crippen molar-refractivity contribution in [1.82, 2.24) is 19.7 Å². The first-order chi connectivity index (χ1) is 18.7. The van der Waals surface area contributed by atoms with Crippen LogP contribution in [0.5, 0.6) is 0 Å². The van der Waals surface area contributed by atoms with Gasteiger partial charge in [-0.2, -0.15) is 13.2 Å². The molecule has 2 aromatic carbocycles. The van der Waals surface area contributed by atoms with Gasteiger partial charge in [-0.25, -0.2) is 9.83 Å². The summed E-state index contributed by atoms with van der Waals surface area (Å²) in [5, 5.41) is 8.19. The Morgan fingerprint density at radius 1 is 1.10 bits per heavy atom. The minimum atomic E-state index is -4.63. The van der Waals surface area contributed by atoms with Crippen LogP contribution in [0, 0.1) is 6.57 Å². The zero-order valence-corrected chi connectivity index (χ0v) is 21.4. The maximum Gasteiger partial charge on any atom is 0.416 e. The van der Waals surface area contributed by atoms with Crippen molar-refractivity contribution in [3.8, 4) is 22.5 Å². The van der Waals surface area contributed by atoms with Crippen LogP contribution in [0.3, 0.4) is 0 Å². The molecule has 2 aromatic heterocycles. The van der Waals surface area contributed by atoms with Crippen molar-refractivity contribution >= 4 is 29.0 Å². The molecule has 39 heavy (non-hydrogen) atoms. The van der Waals surface area contributed by atoms with E-state index in [-0.39, 0.29) is 40.9 Å². The summed E-state index contributed by atoms with van der Waals surface area (Å²) in [4.78, 5) is 23.1. The Balaban J connectivity index is 1.50. The fraction of sp³-hybridized carbons (Fsp3) is 0.250. The third kappa shape index (κ3) is 4.42. The number of pyridine rings is 1. The summed E-state index contributed by atoms with van der Waals surface area (Å²) < 4.78 is 43.5. The average molecular weight is 549 g/mol. The molecule has 0 N–H and O–H groups in total. The Kier molecular flexibility index (Phi) is 5.92. The van der Waals surface area contributed by atoms with Crippen molar-refractivity contribution < 1.29 is 18.0 Å². The number of hydrogen-bond acceptors (Lipinski definition) is 4. The van der Waals surface area contributed by atoms with Crippen LogP contribution in [-0.2, 0) is 25.6 Å². The van der Waals surface area contributed by atoms with Gasteiger partial charge in [-0.15, -0.1) is 21.8 Å². The maximum atomic E-state index is 13.9. The number of hydrogen-bond donors (Lipinski definition) is 0. The van der Waals surface area contributed by atoms with Crippen LogP contribution in [0.25, 0.3) is 27.4 Å². The van der Waals surface area contributed by atoms with E-state index < -0.39 is 17.6 Å². The van der Waals surface area contributed by atoms with Crippen LogP contribution in [0.2, 0.25) is 0 Å². The van der Waals surface area contributed by atoms with Crippen molar-refractivity contribution in [3.63, 3.8) is 0 Å². The third-order valence-corrected chi connectivity index (χ3v) is 7.37. The molecule has 4 aromatic rings. The number of anilines is 1. The Morgan fingerprint density at radius 2 is 1.90 bits per heavy atom. The second-order valence-corrected chi connectivity index (χ2v) is 9.98. The Morgan fingerprint density at radius 3 is 2.54 bits per heavy atom. The molecule has 1 aliphatic carbocycles. The van der Waals surface area contributed by atoms with E-state index >= 15 is 0 Å². The van der Waals surface area contributed by atoms with Crippen molar-refractivity contribution in [2.75, 3.05) is 4.90 Å². The molecular formula is C28H20ClF3N6O. The van der Waals surface area contributed by atoms with E-state index in [1.54, 1.807) is 36.1 Å². The van der Waals surface area contributed by atoms with Crippen molar-refractivity contribution in [3.05, 3.63) is 88.2 Å². The lowest BCUT2D eigenvalue weighted by Crippen LogP contribution is -2.24. The highest BCUT2D eigenvalue weighted by atomic mass is 35.5. The lowest BCUT2D eigenvalue weighted by molar-refractivity contribution is -0.138. The van der Waals surface area contributed by atoms with E-state index in [0.29, 0.717) is 17.1 Å². The van der Waals surface area contributed by atoms with Gasteiger partial charge in [-0.05, 0) is 65.4 Å². The lowest BCUT2D eigenvalue weighted by atomic mass is 9.97. The summed E-state index contributed by atoms with van der Waals surface area (Å²) in [6.45, 7) is 7.21. The highest BCUT2D eigenvalue weighted by Crippen LogP contribution is 2.44. The normalized spacial score (nSPS) is 15.0. The molecule has 1 aliphatic heterocycles. The first kappa shape index (κ1) is 25.1. The van der Waals surface area contributed by atoms with Crippen molar-refractivity contribution in [1.29, 1.82) is 0 Å². The Hall–Kier alpha value is -4.23. The van der Waals surface area contributed by atoms with E-state index in [2.05, 4.69) is 15.0 Å². The number of aryl methyl sites for hydroxylation is 1. The SMILES string of the molecule is [C-]#[N+]c1ccc(-c2cc(C3CC3)nc(N3Cc4c(cc(CCl)cc4C(F)(F)F)C3=O)c2)c(-c2nncn2C)c1. The van der Waals surface area contributed by atoms with Gasteiger partial charge in [0.25, 0.3) is 5.91 Å². The largest absolute Gasteiger partial charge is 0.416 e. The molecule has 11 heteroatoms. The molecule has 6 rings (SSSR count). The van der Waals surface area contributed by atoms with E-state index in [9.17, 15) is 18.0 Å². The minimum absolute atomic E-state index is 0.0122. The van der Waals surface area contributed by atoms with Gasteiger partial charge in [0.2, 0.25) is 0 Å². The zero-order valence-electron chi connectivity index (χ0n) is 20.6. The van der Waals surface area contributed by atoms with Gasteiger partial charge < -0.3 is 4.57 Å². The zero-order chi connectivity index (χ0) is 27.5. The maximum absolute atomic E-state index is 13.9. The first-order valence-electron chi connectivity index (χ1n) is 12.2. The summed E-state index contributed by atoms with van der Waals surface area (Å²) in [6, 6.07) is 11.3. The van der Waals surface area contributed by atoms with Gasteiger partial charge in [0.05, 0.1) is 18.7 Å². The smallest absolute Gasteiger partial charge is 0.317 e. The van der Waals surface area contributed by atoms with Crippen LogP contribution in [0.1, 0.15) is 51.5 Å². The van der Waals surface area contributed by atoms with E-state index in [1.807, 2.05) is 12.1 Å². The van der Waals surface area contributed by atoms with E-state index in [1.165, 1.54) is 11.0 Å². The van der Waals surface area contributed by atoms with E-state index in [0.717, 1.165) is 35.7 Å². The van der Waals surface area contributed by atoms with Gasteiger partial charge >= 0.3 is 6.18 Å². The van der Waals surface area contributed by atoms with Crippen LogP contribution in [0.4, 0.5) is 24.7 Å². The second kappa shape index (κ2) is 9.20. The molecule has 1 saturated carbocycles. The molecule has 1 amide bonds. The fourth-order valence-electron chi connectivity index (χ4n) is 4.97. The first-order valence-corrected chi connectivity index (χ1v) is 12.7. The molecule has 0 atom stereocenters. The Labute approximate surface area is 226 Å². The molecule has 1 fully saturated rings. The number of halogens is 4. The van der Waals surface area contributed by atoms with Gasteiger partial charge in [0, 0.05) is 35.7 Å². The summed E-state index contributed by atoms with van der Waals surface area (Å²) in [5.74, 6) is 0.336. The highest BCUT2D eigenvalue weighted by Gasteiger charge is 2.41. The molecule has 3 heterocycles. The highest BCUT2D eigenvalue weighted by molar-refractivity contribution is 6.17. The molecule has 2 aliphatic rings. The van der Waals surface area contributed by atoms with E-state index in [4.69, 9.17) is 23.2 Å². The predicted molar refractivity (Wildman–Crippen MR) is 139 cm³/mol. The predicted octanol–water partition coefficient (Wildman–Crippen LogP) is 6.89. The molecule has 196 valence electrons. The van der Waals surface area contributed by atoms with Crippen molar-refractivity contribution in [2.24, 2.45) is 7.05 Å². The molecule has 0 bridgehead atoms. The number of alkyl halides is 4. The number of rotatable bonds is 5. The summed E-state index contributed by atoms with van der Waals surface area (Å²) >= 11 is 5.86. The molecular weight excluding hydrogens is 529 g/mol. The Bertz CT molecular complexity index is 1690. The lowest BCUT2D eigenvalue weighted by Gasteiger charge is -2.19. The van der Waals surface area contributed by atoms with Gasteiger partial charge in [-0.1, -0.05) is 12.1 Å². The third-order valence-electron chi connectivity index (χ3n) is 7.06. The number of amides is 1. The number of aromatic nitrogens is 4. The quantitative estimate of drug-likeness (QED) is 0.201. The molecule has 0 spiro atoms. The topological polar surface area (TPSA) is 68.3 Å². The molecule has 0 radical (unpaired) electrons. The second-order valence-electron chi connectivity index (χ2n) is 9.71. The number of benzene rings is 2. The van der Waals surface area contributed by atoms with Gasteiger partial charge in [-0.3, -0.25) is 9.69 Å². The van der Waals surface area contributed by atoms with Crippen LogP contribution in [-0.4, -0.2) is 25.7 Å². The van der Waals surface area contributed by atoms with Crippen LogP contribution in [0.15, 0.2) is 48.8 Å². The van der Waals surface area contributed by atoms with Crippen molar-refractivity contribution in [2.45, 2.75) is 37.4 Å². The molecule has 0 saturated heterocycles. The average Bonchev–Trinajstić information content (AvgIpc) is 3.61. The fourth-order valence-corrected chi connectivity index (χ4v) is 5.12.